The summed E-state index contributed by atoms with van der Waals surface area (Å²) in [6.07, 6.45) is 1.10. The van der Waals surface area contributed by atoms with E-state index in [0.29, 0.717) is 17.4 Å². The van der Waals surface area contributed by atoms with E-state index in [4.69, 9.17) is 16.6 Å². The fourth-order valence-electron chi connectivity index (χ4n) is 2.83. The van der Waals surface area contributed by atoms with E-state index in [9.17, 15) is 0 Å². The van der Waals surface area contributed by atoms with E-state index in [2.05, 4.69) is 40.5 Å². The normalized spacial score (nSPS) is 14.8. The molecule has 0 saturated carbocycles. The molecule has 6 heteroatoms. The van der Waals surface area contributed by atoms with Gasteiger partial charge in [0.1, 0.15) is 0 Å². The number of benzene rings is 1. The SMILES string of the molecule is Cc1ccc(-c2nn(CN3CCc4sccc4C3)c(=S)o2)cc1. The van der Waals surface area contributed by atoms with Crippen molar-refractivity contribution in [3.8, 4) is 11.5 Å². The third kappa shape index (κ3) is 3.02. The highest BCUT2D eigenvalue weighted by atomic mass is 32.1. The first-order valence-electron chi connectivity index (χ1n) is 7.61. The number of nitrogens with zero attached hydrogens (tertiary/aromatic N) is 3. The lowest BCUT2D eigenvalue weighted by molar-refractivity contribution is 0.187. The van der Waals surface area contributed by atoms with Gasteiger partial charge >= 0.3 is 0 Å². The molecule has 0 N–H and O–H groups in total. The molecule has 0 fully saturated rings. The summed E-state index contributed by atoms with van der Waals surface area (Å²) in [4.78, 5) is 4.29. The largest absolute Gasteiger partial charge is 0.409 e. The van der Waals surface area contributed by atoms with Crippen LogP contribution in [0.1, 0.15) is 16.0 Å². The Morgan fingerprint density at radius 3 is 2.91 bits per heavy atom. The van der Waals surface area contributed by atoms with Crippen molar-refractivity contribution in [2.24, 2.45) is 0 Å². The molecule has 23 heavy (non-hydrogen) atoms. The maximum absolute atomic E-state index is 5.68. The lowest BCUT2D eigenvalue weighted by atomic mass is 10.1. The van der Waals surface area contributed by atoms with E-state index < -0.39 is 0 Å². The lowest BCUT2D eigenvalue weighted by Gasteiger charge is -2.26. The first-order chi connectivity index (χ1) is 11.2. The summed E-state index contributed by atoms with van der Waals surface area (Å²) in [5, 5.41) is 6.73. The van der Waals surface area contributed by atoms with E-state index in [1.165, 1.54) is 16.0 Å². The van der Waals surface area contributed by atoms with Crippen LogP contribution < -0.4 is 0 Å². The lowest BCUT2D eigenvalue weighted by Crippen LogP contribution is -2.32. The number of hydrogen-bond acceptors (Lipinski definition) is 5. The van der Waals surface area contributed by atoms with Crippen LogP contribution in [0, 0.1) is 11.8 Å². The molecule has 0 atom stereocenters. The van der Waals surface area contributed by atoms with Crippen LogP contribution in [-0.4, -0.2) is 21.2 Å². The van der Waals surface area contributed by atoms with E-state index >= 15 is 0 Å². The molecule has 3 heterocycles. The number of aryl methyl sites for hydroxylation is 1. The minimum Gasteiger partial charge on any atom is -0.409 e. The highest BCUT2D eigenvalue weighted by Gasteiger charge is 2.18. The molecule has 1 aromatic carbocycles. The number of thiophene rings is 1. The highest BCUT2D eigenvalue weighted by molar-refractivity contribution is 7.71. The molecular formula is C17H17N3OS2. The van der Waals surface area contributed by atoms with Gasteiger partial charge in [-0.25, -0.2) is 4.68 Å². The monoisotopic (exact) mass is 343 g/mol. The Hall–Kier alpha value is -1.76. The fourth-order valence-corrected chi connectivity index (χ4v) is 3.89. The van der Waals surface area contributed by atoms with Gasteiger partial charge in [-0.05, 0) is 54.7 Å². The second kappa shape index (κ2) is 6.03. The van der Waals surface area contributed by atoms with Crippen molar-refractivity contribution >= 4 is 23.6 Å². The number of hydrogen-bond donors (Lipinski definition) is 0. The van der Waals surface area contributed by atoms with Crippen LogP contribution in [0.2, 0.25) is 0 Å². The molecule has 3 aromatic rings. The van der Waals surface area contributed by atoms with Crippen molar-refractivity contribution in [3.05, 3.63) is 56.6 Å². The van der Waals surface area contributed by atoms with Crippen LogP contribution in [0.5, 0.6) is 0 Å². The van der Waals surface area contributed by atoms with Crippen LogP contribution in [0.25, 0.3) is 11.5 Å². The van der Waals surface area contributed by atoms with Gasteiger partial charge in [0.05, 0.1) is 6.67 Å². The topological polar surface area (TPSA) is 34.2 Å². The summed E-state index contributed by atoms with van der Waals surface area (Å²) in [5.41, 5.74) is 3.60. The molecule has 0 spiro atoms. The molecule has 4 rings (SSSR count). The molecule has 4 nitrogen and oxygen atoms in total. The Bertz CT molecular complexity index is 876. The third-order valence-corrected chi connectivity index (χ3v) is 5.44. The van der Waals surface area contributed by atoms with Crippen molar-refractivity contribution in [2.75, 3.05) is 6.54 Å². The van der Waals surface area contributed by atoms with Gasteiger partial charge in [0.25, 0.3) is 4.84 Å². The Labute approximate surface area is 144 Å². The quantitative estimate of drug-likeness (QED) is 0.666. The van der Waals surface area contributed by atoms with E-state index in [1.54, 1.807) is 4.68 Å². The van der Waals surface area contributed by atoms with Crippen molar-refractivity contribution < 1.29 is 4.42 Å². The smallest absolute Gasteiger partial charge is 0.288 e. The molecule has 1 aliphatic heterocycles. The fraction of sp³-hybridized carbons (Fsp3) is 0.294. The molecule has 0 bridgehead atoms. The van der Waals surface area contributed by atoms with Crippen molar-refractivity contribution in [1.29, 1.82) is 0 Å². The van der Waals surface area contributed by atoms with Gasteiger partial charge in [-0.3, -0.25) is 4.90 Å². The Balaban J connectivity index is 1.54. The van der Waals surface area contributed by atoms with Gasteiger partial charge in [-0.15, -0.1) is 16.4 Å². The number of aromatic nitrogens is 2. The summed E-state index contributed by atoms with van der Waals surface area (Å²) in [6, 6.07) is 10.3. The zero-order valence-electron chi connectivity index (χ0n) is 12.9. The van der Waals surface area contributed by atoms with Gasteiger partial charge < -0.3 is 4.42 Å². The molecule has 2 aromatic heterocycles. The van der Waals surface area contributed by atoms with Crippen LogP contribution in [0.15, 0.2) is 40.1 Å². The second-order valence-corrected chi connectivity index (χ2v) is 7.20. The molecule has 0 amide bonds. The van der Waals surface area contributed by atoms with Gasteiger partial charge in [0.15, 0.2) is 0 Å². The summed E-state index contributed by atoms with van der Waals surface area (Å²) in [6.45, 7) is 4.71. The van der Waals surface area contributed by atoms with Gasteiger partial charge in [0, 0.05) is 23.5 Å². The van der Waals surface area contributed by atoms with Crippen molar-refractivity contribution in [2.45, 2.75) is 26.6 Å². The number of rotatable bonds is 3. The first kappa shape index (κ1) is 14.8. The zero-order chi connectivity index (χ0) is 15.8. The molecule has 1 aliphatic rings. The molecule has 0 saturated heterocycles. The summed E-state index contributed by atoms with van der Waals surface area (Å²) < 4.78 is 7.46. The van der Waals surface area contributed by atoms with Crippen molar-refractivity contribution in [3.63, 3.8) is 0 Å². The predicted molar refractivity (Wildman–Crippen MR) is 93.9 cm³/mol. The van der Waals surface area contributed by atoms with E-state index in [0.717, 1.165) is 25.1 Å². The number of fused-ring (bicyclic) bond motifs is 1. The zero-order valence-corrected chi connectivity index (χ0v) is 14.5. The Morgan fingerprint density at radius 1 is 1.26 bits per heavy atom. The molecule has 0 radical (unpaired) electrons. The highest BCUT2D eigenvalue weighted by Crippen LogP contribution is 2.25. The maximum atomic E-state index is 5.68. The minimum absolute atomic E-state index is 0.427. The summed E-state index contributed by atoms with van der Waals surface area (Å²) >= 11 is 7.19. The average molecular weight is 343 g/mol. The molecule has 118 valence electrons. The third-order valence-electron chi connectivity index (χ3n) is 4.13. The van der Waals surface area contributed by atoms with Crippen LogP contribution >= 0.6 is 23.6 Å². The Morgan fingerprint density at radius 2 is 2.09 bits per heavy atom. The molecular weight excluding hydrogens is 326 g/mol. The molecule has 0 aliphatic carbocycles. The molecule has 0 unspecified atom stereocenters. The first-order valence-corrected chi connectivity index (χ1v) is 8.90. The average Bonchev–Trinajstić information content (AvgIpc) is 3.15. The van der Waals surface area contributed by atoms with Crippen molar-refractivity contribution in [1.82, 2.24) is 14.7 Å². The maximum Gasteiger partial charge on any atom is 0.288 e. The van der Waals surface area contributed by atoms with E-state index in [-0.39, 0.29) is 0 Å². The van der Waals surface area contributed by atoms with Crippen LogP contribution in [0.3, 0.4) is 0 Å². The second-order valence-electron chi connectivity index (χ2n) is 5.85. The van der Waals surface area contributed by atoms with Gasteiger partial charge in [0.2, 0.25) is 5.89 Å². The van der Waals surface area contributed by atoms with Gasteiger partial charge in [-0.2, -0.15) is 0 Å². The summed E-state index contributed by atoms with van der Waals surface area (Å²) in [5.74, 6) is 0.586. The predicted octanol–water partition coefficient (Wildman–Crippen LogP) is 4.26. The standard InChI is InChI=1S/C17H17N3OS2/c1-12-2-4-13(5-3-12)16-18-20(17(22)21-16)11-19-8-6-15-14(10-19)7-9-23-15/h2-5,7,9H,6,8,10-11H2,1H3. The summed E-state index contributed by atoms with van der Waals surface area (Å²) in [7, 11) is 0. The van der Waals surface area contributed by atoms with Gasteiger partial charge in [-0.1, -0.05) is 17.7 Å². The Kier molecular flexibility index (Phi) is 3.88. The van der Waals surface area contributed by atoms with E-state index in [1.807, 2.05) is 23.5 Å². The minimum atomic E-state index is 0.427. The van der Waals surface area contributed by atoms with Crippen LogP contribution in [0.4, 0.5) is 0 Å². The van der Waals surface area contributed by atoms with Crippen LogP contribution in [-0.2, 0) is 19.6 Å².